The third-order valence-electron chi connectivity index (χ3n) is 2.69. The molecule has 2 aromatic rings. The van der Waals surface area contributed by atoms with Crippen LogP contribution in [0.1, 0.15) is 5.56 Å². The van der Waals surface area contributed by atoms with Crippen LogP contribution in [0.4, 0.5) is 22.0 Å². The molecule has 0 aliphatic rings. The van der Waals surface area contributed by atoms with Gasteiger partial charge in [0.25, 0.3) is 5.56 Å². The first-order chi connectivity index (χ1) is 8.86. The zero-order chi connectivity index (χ0) is 14.3. The van der Waals surface area contributed by atoms with Crippen LogP contribution in [0.3, 0.4) is 0 Å². The van der Waals surface area contributed by atoms with E-state index in [-0.39, 0.29) is 11.1 Å². The van der Waals surface area contributed by atoms with E-state index in [1.807, 2.05) is 0 Å². The van der Waals surface area contributed by atoms with Gasteiger partial charge in [0.2, 0.25) is 5.82 Å². The molecule has 0 fully saturated rings. The molecule has 0 aliphatic heterocycles. The largest absolute Gasteiger partial charge is 0.329 e. The second-order valence-corrected chi connectivity index (χ2v) is 3.79. The molecule has 0 spiro atoms. The van der Waals surface area contributed by atoms with Gasteiger partial charge in [-0.1, -0.05) is 0 Å². The van der Waals surface area contributed by atoms with Crippen molar-refractivity contribution >= 4 is 0 Å². The van der Waals surface area contributed by atoms with Gasteiger partial charge in [-0.2, -0.15) is 0 Å². The molecule has 0 unspecified atom stereocenters. The Hall–Kier alpha value is -2.18. The van der Waals surface area contributed by atoms with Crippen molar-refractivity contribution in [1.82, 2.24) is 4.98 Å². The van der Waals surface area contributed by atoms with Crippen LogP contribution in [0.2, 0.25) is 0 Å². The van der Waals surface area contributed by atoms with Gasteiger partial charge in [0.05, 0.1) is 5.56 Å². The van der Waals surface area contributed by atoms with E-state index in [0.29, 0.717) is 0 Å². The number of hydrogen-bond donors (Lipinski definition) is 1. The first kappa shape index (κ1) is 13.3. The highest BCUT2D eigenvalue weighted by molar-refractivity contribution is 5.68. The van der Waals surface area contributed by atoms with E-state index in [4.69, 9.17) is 0 Å². The van der Waals surface area contributed by atoms with E-state index >= 15 is 0 Å². The zero-order valence-corrected chi connectivity index (χ0v) is 9.45. The smallest absolute Gasteiger partial charge is 0.251 e. The number of hydrogen-bond acceptors (Lipinski definition) is 1. The molecule has 0 atom stereocenters. The molecule has 0 radical (unpaired) electrons. The van der Waals surface area contributed by atoms with Crippen molar-refractivity contribution in [3.05, 3.63) is 57.3 Å². The molecule has 2 rings (SSSR count). The number of rotatable bonds is 1. The Morgan fingerprint density at radius 3 is 1.89 bits per heavy atom. The molecule has 100 valence electrons. The van der Waals surface area contributed by atoms with Crippen LogP contribution < -0.4 is 5.56 Å². The Labute approximate surface area is 103 Å². The quantitative estimate of drug-likeness (QED) is 0.484. The summed E-state index contributed by atoms with van der Waals surface area (Å²) < 4.78 is 66.2. The van der Waals surface area contributed by atoms with E-state index in [9.17, 15) is 26.7 Å². The number of halogens is 5. The van der Waals surface area contributed by atoms with Crippen LogP contribution in [0.15, 0.2) is 17.1 Å². The molecule has 2 nitrogen and oxygen atoms in total. The summed E-state index contributed by atoms with van der Waals surface area (Å²) in [5, 5.41) is 0. The molecule has 0 aliphatic carbocycles. The normalized spacial score (nSPS) is 10.8. The molecular weight excluding hydrogens is 269 g/mol. The van der Waals surface area contributed by atoms with Gasteiger partial charge in [-0.3, -0.25) is 4.79 Å². The van der Waals surface area contributed by atoms with Crippen molar-refractivity contribution in [2.24, 2.45) is 0 Å². The summed E-state index contributed by atoms with van der Waals surface area (Å²) in [7, 11) is 0. The van der Waals surface area contributed by atoms with Crippen LogP contribution >= 0.6 is 0 Å². The lowest BCUT2D eigenvalue weighted by atomic mass is 10.0. The lowest BCUT2D eigenvalue weighted by Crippen LogP contribution is -2.12. The lowest BCUT2D eigenvalue weighted by molar-refractivity contribution is 0.381. The fourth-order valence-corrected chi connectivity index (χ4v) is 1.67. The maximum absolute atomic E-state index is 13.6. The Kier molecular flexibility index (Phi) is 3.13. The average molecular weight is 275 g/mol. The maximum Gasteiger partial charge on any atom is 0.251 e. The van der Waals surface area contributed by atoms with Crippen molar-refractivity contribution in [2.75, 3.05) is 0 Å². The summed E-state index contributed by atoms with van der Waals surface area (Å²) in [5.41, 5.74) is -2.29. The predicted molar refractivity (Wildman–Crippen MR) is 57.0 cm³/mol. The minimum absolute atomic E-state index is 0.147. The van der Waals surface area contributed by atoms with Crippen molar-refractivity contribution in [2.45, 2.75) is 6.92 Å². The Balaban J connectivity index is 2.91. The van der Waals surface area contributed by atoms with E-state index in [1.54, 1.807) is 0 Å². The molecule has 0 saturated heterocycles. The first-order valence-electron chi connectivity index (χ1n) is 5.06. The molecule has 19 heavy (non-hydrogen) atoms. The van der Waals surface area contributed by atoms with Gasteiger partial charge in [0, 0.05) is 11.8 Å². The van der Waals surface area contributed by atoms with Crippen LogP contribution in [0, 0.1) is 36.0 Å². The summed E-state index contributed by atoms with van der Waals surface area (Å²) in [6.45, 7) is 1.21. The van der Waals surface area contributed by atoms with Crippen LogP contribution in [0.25, 0.3) is 11.1 Å². The second-order valence-electron chi connectivity index (χ2n) is 3.79. The molecule has 1 heterocycles. The van der Waals surface area contributed by atoms with Gasteiger partial charge in [0.15, 0.2) is 23.3 Å². The summed E-state index contributed by atoms with van der Waals surface area (Å²) in [6.07, 6.45) is 1.06. The minimum Gasteiger partial charge on any atom is -0.329 e. The molecule has 1 aromatic carbocycles. The minimum atomic E-state index is -2.23. The number of aromatic amines is 1. The number of H-pyrrole nitrogens is 1. The highest BCUT2D eigenvalue weighted by Gasteiger charge is 2.27. The van der Waals surface area contributed by atoms with Gasteiger partial charge in [0.1, 0.15) is 0 Å². The second kappa shape index (κ2) is 4.49. The number of benzene rings is 1. The van der Waals surface area contributed by atoms with Crippen LogP contribution in [-0.2, 0) is 0 Å². The average Bonchev–Trinajstić information content (AvgIpc) is 2.39. The topological polar surface area (TPSA) is 32.9 Å². The number of aromatic nitrogens is 1. The van der Waals surface area contributed by atoms with Gasteiger partial charge < -0.3 is 4.98 Å². The Morgan fingerprint density at radius 1 is 0.895 bits per heavy atom. The molecule has 1 N–H and O–H groups in total. The third kappa shape index (κ3) is 1.91. The molecule has 0 bridgehead atoms. The van der Waals surface area contributed by atoms with E-state index in [2.05, 4.69) is 4.98 Å². The monoisotopic (exact) mass is 275 g/mol. The molecular formula is C12H6F5NO. The highest BCUT2D eigenvalue weighted by Crippen LogP contribution is 2.32. The van der Waals surface area contributed by atoms with Crippen molar-refractivity contribution in [1.29, 1.82) is 0 Å². The zero-order valence-electron chi connectivity index (χ0n) is 9.45. The standard InChI is InChI=1S/C12H6F5NO/c1-4-5(2-3-18-12(4)19)6-7(13)9(15)11(17)10(16)8(6)14/h2-3H,1H3,(H,18,19). The van der Waals surface area contributed by atoms with E-state index in [1.165, 1.54) is 6.92 Å². The third-order valence-corrected chi connectivity index (χ3v) is 2.69. The summed E-state index contributed by atoms with van der Waals surface area (Å²) in [4.78, 5) is 13.5. The van der Waals surface area contributed by atoms with E-state index in [0.717, 1.165) is 12.3 Å². The Bertz CT molecular complexity index is 694. The van der Waals surface area contributed by atoms with Crippen LogP contribution in [0.5, 0.6) is 0 Å². The fraction of sp³-hybridized carbons (Fsp3) is 0.0833. The van der Waals surface area contributed by atoms with Crippen molar-refractivity contribution in [3.63, 3.8) is 0 Å². The molecule has 0 saturated carbocycles. The predicted octanol–water partition coefficient (Wildman–Crippen LogP) is 3.05. The first-order valence-corrected chi connectivity index (χ1v) is 5.06. The highest BCUT2D eigenvalue weighted by atomic mass is 19.2. The Morgan fingerprint density at radius 2 is 1.37 bits per heavy atom. The SMILES string of the molecule is Cc1c(-c2c(F)c(F)c(F)c(F)c2F)cc[nH]c1=O. The van der Waals surface area contributed by atoms with Crippen molar-refractivity contribution in [3.8, 4) is 11.1 Å². The number of nitrogens with one attached hydrogen (secondary N) is 1. The van der Waals surface area contributed by atoms with Gasteiger partial charge in [-0.05, 0) is 18.6 Å². The molecule has 0 amide bonds. The van der Waals surface area contributed by atoms with Crippen LogP contribution in [-0.4, -0.2) is 4.98 Å². The maximum atomic E-state index is 13.6. The van der Waals surface area contributed by atoms with E-state index < -0.39 is 40.2 Å². The fourth-order valence-electron chi connectivity index (χ4n) is 1.67. The molecule has 1 aromatic heterocycles. The van der Waals surface area contributed by atoms with Gasteiger partial charge in [-0.15, -0.1) is 0 Å². The molecule has 7 heteroatoms. The van der Waals surface area contributed by atoms with Gasteiger partial charge >= 0.3 is 0 Å². The van der Waals surface area contributed by atoms with Crippen molar-refractivity contribution < 1.29 is 22.0 Å². The van der Waals surface area contributed by atoms with Gasteiger partial charge in [-0.25, -0.2) is 22.0 Å². The lowest BCUT2D eigenvalue weighted by Gasteiger charge is -2.10. The number of pyridine rings is 1. The summed E-state index contributed by atoms with van der Waals surface area (Å²) in [5.74, 6) is -10.3. The summed E-state index contributed by atoms with van der Waals surface area (Å²) >= 11 is 0. The summed E-state index contributed by atoms with van der Waals surface area (Å²) in [6, 6.07) is 1.06.